The maximum absolute atomic E-state index is 4.56. The minimum atomic E-state index is 0.944. The summed E-state index contributed by atoms with van der Waals surface area (Å²) in [6.45, 7) is 6.43. The maximum Gasteiger partial charge on any atom is 0.137 e. The Morgan fingerprint density at radius 2 is 1.75 bits per heavy atom. The van der Waals surface area contributed by atoms with Crippen LogP contribution in [0.3, 0.4) is 0 Å². The zero-order chi connectivity index (χ0) is 11.7. The lowest BCUT2D eigenvalue weighted by Crippen LogP contribution is -1.91. The SMILES string of the molecule is CNc1csc(-c2c(C)cc(C)cc2C)n1. The molecule has 1 N–H and O–H groups in total. The van der Waals surface area contributed by atoms with Crippen molar-refractivity contribution in [2.45, 2.75) is 20.8 Å². The molecule has 0 amide bonds. The van der Waals surface area contributed by atoms with Crippen LogP contribution < -0.4 is 5.32 Å². The number of nitrogens with zero attached hydrogens (tertiary/aromatic N) is 1. The van der Waals surface area contributed by atoms with Crippen molar-refractivity contribution in [3.8, 4) is 10.6 Å². The summed E-state index contributed by atoms with van der Waals surface area (Å²) in [5.74, 6) is 0.944. The zero-order valence-electron chi connectivity index (χ0n) is 10.1. The molecule has 0 saturated heterocycles. The molecule has 0 fully saturated rings. The number of aryl methyl sites for hydroxylation is 3. The van der Waals surface area contributed by atoms with Crippen LogP contribution in [0.5, 0.6) is 0 Å². The van der Waals surface area contributed by atoms with E-state index >= 15 is 0 Å². The largest absolute Gasteiger partial charge is 0.372 e. The number of benzene rings is 1. The van der Waals surface area contributed by atoms with Gasteiger partial charge in [-0.15, -0.1) is 11.3 Å². The van der Waals surface area contributed by atoms with Gasteiger partial charge in [-0.2, -0.15) is 0 Å². The van der Waals surface area contributed by atoms with Crippen molar-refractivity contribution < 1.29 is 0 Å². The molecule has 1 aromatic heterocycles. The van der Waals surface area contributed by atoms with Gasteiger partial charge in [-0.05, 0) is 31.9 Å². The first-order chi connectivity index (χ1) is 7.61. The van der Waals surface area contributed by atoms with E-state index in [1.165, 1.54) is 22.3 Å². The molecule has 0 aliphatic carbocycles. The summed E-state index contributed by atoms with van der Waals surface area (Å²) in [5, 5.41) is 6.21. The summed E-state index contributed by atoms with van der Waals surface area (Å²) in [6.07, 6.45) is 0. The van der Waals surface area contributed by atoms with Crippen LogP contribution in [-0.2, 0) is 0 Å². The van der Waals surface area contributed by atoms with E-state index in [0.29, 0.717) is 0 Å². The van der Waals surface area contributed by atoms with Crippen molar-refractivity contribution in [1.82, 2.24) is 4.98 Å². The van der Waals surface area contributed by atoms with Gasteiger partial charge in [0.25, 0.3) is 0 Å². The minimum absolute atomic E-state index is 0.944. The summed E-state index contributed by atoms with van der Waals surface area (Å²) in [5.41, 5.74) is 5.19. The number of anilines is 1. The van der Waals surface area contributed by atoms with Gasteiger partial charge in [0.05, 0.1) is 0 Å². The number of nitrogens with one attached hydrogen (secondary N) is 1. The van der Waals surface area contributed by atoms with E-state index < -0.39 is 0 Å². The van der Waals surface area contributed by atoms with Crippen LogP contribution in [0.1, 0.15) is 16.7 Å². The fraction of sp³-hybridized carbons (Fsp3) is 0.308. The third-order valence-corrected chi connectivity index (χ3v) is 3.51. The van der Waals surface area contributed by atoms with E-state index in [9.17, 15) is 0 Å². The van der Waals surface area contributed by atoms with E-state index in [-0.39, 0.29) is 0 Å². The highest BCUT2D eigenvalue weighted by atomic mass is 32.1. The predicted octanol–water partition coefficient (Wildman–Crippen LogP) is 3.78. The molecule has 0 radical (unpaired) electrons. The summed E-state index contributed by atoms with van der Waals surface area (Å²) < 4.78 is 0. The molecule has 0 bridgehead atoms. The Hall–Kier alpha value is -1.35. The second-order valence-electron chi connectivity index (χ2n) is 4.06. The zero-order valence-corrected chi connectivity index (χ0v) is 10.9. The molecule has 16 heavy (non-hydrogen) atoms. The predicted molar refractivity (Wildman–Crippen MR) is 71.3 cm³/mol. The van der Waals surface area contributed by atoms with E-state index in [1.54, 1.807) is 11.3 Å². The van der Waals surface area contributed by atoms with Gasteiger partial charge in [0, 0.05) is 18.0 Å². The van der Waals surface area contributed by atoms with Crippen molar-refractivity contribution in [3.63, 3.8) is 0 Å². The van der Waals surface area contributed by atoms with Gasteiger partial charge in [-0.1, -0.05) is 17.7 Å². The van der Waals surface area contributed by atoms with Crippen molar-refractivity contribution in [1.29, 1.82) is 0 Å². The van der Waals surface area contributed by atoms with Crippen LogP contribution >= 0.6 is 11.3 Å². The topological polar surface area (TPSA) is 24.9 Å². The van der Waals surface area contributed by atoms with Gasteiger partial charge in [-0.25, -0.2) is 4.98 Å². The van der Waals surface area contributed by atoms with Crippen LogP contribution in [0.2, 0.25) is 0 Å². The molecule has 0 saturated carbocycles. The molecular formula is C13H16N2S. The van der Waals surface area contributed by atoms with Crippen LogP contribution in [-0.4, -0.2) is 12.0 Å². The third-order valence-electron chi connectivity index (χ3n) is 2.65. The number of rotatable bonds is 2. The molecule has 84 valence electrons. The first-order valence-electron chi connectivity index (χ1n) is 5.33. The standard InChI is InChI=1S/C13H16N2S/c1-8-5-9(2)12(10(3)6-8)13-15-11(14-4)7-16-13/h5-7,14H,1-4H3. The Labute approximate surface area is 100 Å². The molecule has 1 aromatic carbocycles. The first-order valence-corrected chi connectivity index (χ1v) is 6.21. The monoisotopic (exact) mass is 232 g/mol. The van der Waals surface area contributed by atoms with Gasteiger partial charge in [0.2, 0.25) is 0 Å². The first kappa shape index (κ1) is 11.1. The van der Waals surface area contributed by atoms with Gasteiger partial charge in [-0.3, -0.25) is 0 Å². The lowest BCUT2D eigenvalue weighted by atomic mass is 10.0. The minimum Gasteiger partial charge on any atom is -0.372 e. The lowest BCUT2D eigenvalue weighted by molar-refractivity contribution is 1.29. The second-order valence-corrected chi connectivity index (χ2v) is 4.92. The van der Waals surface area contributed by atoms with E-state index in [2.05, 4.69) is 43.2 Å². The molecule has 0 atom stereocenters. The quantitative estimate of drug-likeness (QED) is 0.852. The molecule has 2 nitrogen and oxygen atoms in total. The Morgan fingerprint density at radius 1 is 1.12 bits per heavy atom. The van der Waals surface area contributed by atoms with Gasteiger partial charge in [0.15, 0.2) is 0 Å². The van der Waals surface area contributed by atoms with Crippen molar-refractivity contribution in [3.05, 3.63) is 34.2 Å². The maximum atomic E-state index is 4.56. The molecule has 3 heteroatoms. The summed E-state index contributed by atoms with van der Waals surface area (Å²) in [6, 6.07) is 4.42. The van der Waals surface area contributed by atoms with E-state index in [4.69, 9.17) is 0 Å². The van der Waals surface area contributed by atoms with Crippen molar-refractivity contribution in [2.24, 2.45) is 0 Å². The van der Waals surface area contributed by atoms with E-state index in [1.807, 2.05) is 12.4 Å². The molecule has 2 rings (SSSR count). The summed E-state index contributed by atoms with van der Waals surface area (Å²) >= 11 is 1.69. The summed E-state index contributed by atoms with van der Waals surface area (Å²) in [7, 11) is 1.90. The molecule has 0 spiro atoms. The number of hydrogen-bond acceptors (Lipinski definition) is 3. The van der Waals surface area contributed by atoms with Crippen molar-refractivity contribution in [2.75, 3.05) is 12.4 Å². The molecule has 0 aliphatic rings. The average molecular weight is 232 g/mol. The highest BCUT2D eigenvalue weighted by molar-refractivity contribution is 7.13. The van der Waals surface area contributed by atoms with Gasteiger partial charge < -0.3 is 5.32 Å². The molecular weight excluding hydrogens is 216 g/mol. The Bertz CT molecular complexity index is 491. The Balaban J connectivity index is 2.55. The third kappa shape index (κ3) is 1.95. The van der Waals surface area contributed by atoms with E-state index in [0.717, 1.165) is 10.8 Å². The highest BCUT2D eigenvalue weighted by Crippen LogP contribution is 2.31. The van der Waals surface area contributed by atoms with Gasteiger partial charge >= 0.3 is 0 Å². The normalized spacial score (nSPS) is 10.5. The fourth-order valence-corrected chi connectivity index (χ4v) is 3.01. The number of aromatic nitrogens is 1. The number of thiazole rings is 1. The Morgan fingerprint density at radius 3 is 2.25 bits per heavy atom. The lowest BCUT2D eigenvalue weighted by Gasteiger charge is -2.08. The summed E-state index contributed by atoms with van der Waals surface area (Å²) in [4.78, 5) is 4.56. The molecule has 2 aromatic rings. The van der Waals surface area contributed by atoms with Crippen LogP contribution in [0, 0.1) is 20.8 Å². The molecule has 0 unspecified atom stereocenters. The molecule has 1 heterocycles. The average Bonchev–Trinajstić information content (AvgIpc) is 2.64. The molecule has 0 aliphatic heterocycles. The smallest absolute Gasteiger partial charge is 0.137 e. The van der Waals surface area contributed by atoms with Crippen LogP contribution in [0.15, 0.2) is 17.5 Å². The van der Waals surface area contributed by atoms with Crippen molar-refractivity contribution >= 4 is 17.2 Å². The van der Waals surface area contributed by atoms with Crippen LogP contribution in [0.25, 0.3) is 10.6 Å². The fourth-order valence-electron chi connectivity index (χ4n) is 2.02. The highest BCUT2D eigenvalue weighted by Gasteiger charge is 2.10. The number of hydrogen-bond donors (Lipinski definition) is 1. The Kier molecular flexibility index (Phi) is 2.97. The van der Waals surface area contributed by atoms with Gasteiger partial charge in [0.1, 0.15) is 10.8 Å². The second kappa shape index (κ2) is 4.26. The van der Waals surface area contributed by atoms with Crippen LogP contribution in [0.4, 0.5) is 5.82 Å².